The van der Waals surface area contributed by atoms with E-state index in [4.69, 9.17) is 4.74 Å². The molecule has 0 unspecified atom stereocenters. The zero-order chi connectivity index (χ0) is 11.7. The highest BCUT2D eigenvalue weighted by Gasteiger charge is 2.19. The van der Waals surface area contributed by atoms with Crippen LogP contribution in [0.15, 0.2) is 24.4 Å². The van der Waals surface area contributed by atoms with E-state index in [9.17, 15) is 0 Å². The van der Waals surface area contributed by atoms with Crippen LogP contribution in [0.25, 0.3) is 10.9 Å². The van der Waals surface area contributed by atoms with E-state index in [1.807, 2.05) is 6.07 Å². The monoisotopic (exact) mass is 266 g/mol. The van der Waals surface area contributed by atoms with Gasteiger partial charge in [0.05, 0.1) is 7.11 Å². The maximum Gasteiger partial charge on any atom is 0.119 e. The van der Waals surface area contributed by atoms with E-state index in [1.165, 1.54) is 29.3 Å². The quantitative estimate of drug-likeness (QED) is 0.873. The lowest BCUT2D eigenvalue weighted by Crippen LogP contribution is -2.19. The number of hydrogen-bond acceptors (Lipinski definition) is 2. The number of rotatable bonds is 5. The molecule has 0 amide bonds. The van der Waals surface area contributed by atoms with Crippen molar-refractivity contribution < 1.29 is 4.74 Å². The Bertz CT molecular complexity index is 519. The van der Waals surface area contributed by atoms with Crippen LogP contribution in [0.1, 0.15) is 18.4 Å². The van der Waals surface area contributed by atoms with E-state index >= 15 is 0 Å². The third kappa shape index (κ3) is 2.79. The molecule has 0 aliphatic heterocycles. The van der Waals surface area contributed by atoms with Crippen LogP contribution in [0.2, 0.25) is 0 Å². The summed E-state index contributed by atoms with van der Waals surface area (Å²) in [6.07, 6.45) is 5.88. The van der Waals surface area contributed by atoms with E-state index in [-0.39, 0.29) is 12.4 Å². The van der Waals surface area contributed by atoms with Gasteiger partial charge in [-0.3, -0.25) is 0 Å². The van der Waals surface area contributed by atoms with Gasteiger partial charge < -0.3 is 15.0 Å². The lowest BCUT2D eigenvalue weighted by atomic mass is 10.1. The summed E-state index contributed by atoms with van der Waals surface area (Å²) in [5.41, 5.74) is 2.55. The number of nitrogens with one attached hydrogen (secondary N) is 2. The SMILES string of the molecule is COc1ccc2[nH]cc(CCNC3CC3)c2c1.Cl. The molecule has 98 valence electrons. The second-order valence-electron chi connectivity index (χ2n) is 4.70. The Kier molecular flexibility index (Phi) is 4.15. The van der Waals surface area contributed by atoms with Crippen molar-refractivity contribution >= 4 is 23.3 Å². The van der Waals surface area contributed by atoms with Crippen LogP contribution < -0.4 is 10.1 Å². The van der Waals surface area contributed by atoms with Crippen LogP contribution in [0.5, 0.6) is 5.75 Å². The molecule has 1 heterocycles. The topological polar surface area (TPSA) is 37.0 Å². The molecule has 3 nitrogen and oxygen atoms in total. The highest BCUT2D eigenvalue weighted by atomic mass is 35.5. The highest BCUT2D eigenvalue weighted by molar-refractivity contribution is 5.85. The van der Waals surface area contributed by atoms with Crippen molar-refractivity contribution in [3.05, 3.63) is 30.0 Å². The third-order valence-electron chi connectivity index (χ3n) is 3.38. The average molecular weight is 267 g/mol. The molecule has 0 atom stereocenters. The molecule has 2 aromatic rings. The molecule has 4 heteroatoms. The number of fused-ring (bicyclic) bond motifs is 1. The summed E-state index contributed by atoms with van der Waals surface area (Å²) in [6.45, 7) is 1.06. The van der Waals surface area contributed by atoms with Crippen molar-refractivity contribution in [3.8, 4) is 5.75 Å². The van der Waals surface area contributed by atoms with Crippen molar-refractivity contribution in [1.82, 2.24) is 10.3 Å². The van der Waals surface area contributed by atoms with Crippen molar-refractivity contribution in [2.75, 3.05) is 13.7 Å². The second-order valence-corrected chi connectivity index (χ2v) is 4.70. The first-order valence-corrected chi connectivity index (χ1v) is 6.24. The summed E-state index contributed by atoms with van der Waals surface area (Å²) in [7, 11) is 1.71. The van der Waals surface area contributed by atoms with Gasteiger partial charge in [0, 0.05) is 23.1 Å². The highest BCUT2D eigenvalue weighted by Crippen LogP contribution is 2.24. The van der Waals surface area contributed by atoms with Crippen molar-refractivity contribution in [2.45, 2.75) is 25.3 Å². The molecule has 1 aliphatic rings. The van der Waals surface area contributed by atoms with E-state index in [1.54, 1.807) is 7.11 Å². The molecule has 0 saturated heterocycles. The number of aromatic amines is 1. The molecule has 1 saturated carbocycles. The van der Waals surface area contributed by atoms with Crippen LogP contribution in [0, 0.1) is 0 Å². The number of hydrogen-bond donors (Lipinski definition) is 2. The van der Waals surface area contributed by atoms with Gasteiger partial charge in [-0.25, -0.2) is 0 Å². The smallest absolute Gasteiger partial charge is 0.119 e. The van der Waals surface area contributed by atoms with Crippen LogP contribution >= 0.6 is 12.4 Å². The number of methoxy groups -OCH3 is 1. The van der Waals surface area contributed by atoms with Crippen LogP contribution in [-0.4, -0.2) is 24.7 Å². The van der Waals surface area contributed by atoms with Crippen LogP contribution in [0.4, 0.5) is 0 Å². The third-order valence-corrected chi connectivity index (χ3v) is 3.38. The van der Waals surface area contributed by atoms with E-state index in [0.717, 1.165) is 24.8 Å². The summed E-state index contributed by atoms with van der Waals surface area (Å²) in [6, 6.07) is 6.96. The van der Waals surface area contributed by atoms with Gasteiger partial charge in [0.15, 0.2) is 0 Å². The lowest BCUT2D eigenvalue weighted by molar-refractivity contribution is 0.415. The first kappa shape index (κ1) is 13.2. The molecule has 1 aromatic carbocycles. The van der Waals surface area contributed by atoms with Gasteiger partial charge in [-0.15, -0.1) is 12.4 Å². The van der Waals surface area contributed by atoms with Gasteiger partial charge in [-0.2, -0.15) is 0 Å². The van der Waals surface area contributed by atoms with Crippen LogP contribution in [0.3, 0.4) is 0 Å². The Labute approximate surface area is 113 Å². The summed E-state index contributed by atoms with van der Waals surface area (Å²) in [5, 5.41) is 4.82. The maximum atomic E-state index is 5.27. The molecule has 0 spiro atoms. The fourth-order valence-corrected chi connectivity index (χ4v) is 2.19. The molecule has 0 radical (unpaired) electrons. The normalized spacial score (nSPS) is 14.5. The molecule has 1 aromatic heterocycles. The van der Waals surface area contributed by atoms with E-state index in [0.29, 0.717) is 0 Å². The molecular formula is C14H19ClN2O. The number of aromatic nitrogens is 1. The van der Waals surface area contributed by atoms with Gasteiger partial charge in [0.25, 0.3) is 0 Å². The first-order valence-electron chi connectivity index (χ1n) is 6.24. The fraction of sp³-hybridized carbons (Fsp3) is 0.429. The van der Waals surface area contributed by atoms with Gasteiger partial charge in [0.2, 0.25) is 0 Å². The minimum atomic E-state index is 0. The Hall–Kier alpha value is -1.19. The minimum absolute atomic E-state index is 0. The number of benzene rings is 1. The Morgan fingerprint density at radius 2 is 2.22 bits per heavy atom. The molecule has 1 fully saturated rings. The summed E-state index contributed by atoms with van der Waals surface area (Å²) < 4.78 is 5.27. The Morgan fingerprint density at radius 1 is 1.39 bits per heavy atom. The van der Waals surface area contributed by atoms with Crippen LogP contribution in [-0.2, 0) is 6.42 Å². The second kappa shape index (κ2) is 5.63. The van der Waals surface area contributed by atoms with Crippen molar-refractivity contribution in [3.63, 3.8) is 0 Å². The van der Waals surface area contributed by atoms with Gasteiger partial charge in [0.1, 0.15) is 5.75 Å². The molecule has 1 aliphatic carbocycles. The Morgan fingerprint density at radius 3 is 2.94 bits per heavy atom. The molecule has 0 bridgehead atoms. The molecule has 3 rings (SSSR count). The predicted molar refractivity (Wildman–Crippen MR) is 76.8 cm³/mol. The van der Waals surface area contributed by atoms with Crippen molar-refractivity contribution in [1.29, 1.82) is 0 Å². The number of H-pyrrole nitrogens is 1. The summed E-state index contributed by atoms with van der Waals surface area (Å²) >= 11 is 0. The number of ether oxygens (including phenoxy) is 1. The summed E-state index contributed by atoms with van der Waals surface area (Å²) in [5.74, 6) is 0.925. The molecular weight excluding hydrogens is 248 g/mol. The molecule has 18 heavy (non-hydrogen) atoms. The van der Waals surface area contributed by atoms with Gasteiger partial charge >= 0.3 is 0 Å². The largest absolute Gasteiger partial charge is 0.497 e. The van der Waals surface area contributed by atoms with Gasteiger partial charge in [-0.1, -0.05) is 0 Å². The van der Waals surface area contributed by atoms with E-state index in [2.05, 4.69) is 28.6 Å². The minimum Gasteiger partial charge on any atom is -0.497 e. The number of halogens is 1. The van der Waals surface area contributed by atoms with E-state index < -0.39 is 0 Å². The Balaban J connectivity index is 0.00000120. The average Bonchev–Trinajstić information content (AvgIpc) is 3.10. The maximum absolute atomic E-state index is 5.27. The fourth-order valence-electron chi connectivity index (χ4n) is 2.19. The zero-order valence-electron chi connectivity index (χ0n) is 10.5. The summed E-state index contributed by atoms with van der Waals surface area (Å²) in [4.78, 5) is 3.31. The lowest BCUT2D eigenvalue weighted by Gasteiger charge is -2.03. The zero-order valence-corrected chi connectivity index (χ0v) is 11.3. The first-order chi connectivity index (χ1) is 8.36. The molecule has 2 N–H and O–H groups in total. The van der Waals surface area contributed by atoms with Crippen molar-refractivity contribution in [2.24, 2.45) is 0 Å². The standard InChI is InChI=1S/C14H18N2O.ClH/c1-17-12-4-5-14-13(8-12)10(9-16-14)6-7-15-11-2-3-11;/h4-5,8-9,11,15-16H,2-3,6-7H2,1H3;1H. The predicted octanol–water partition coefficient (Wildman–Crippen LogP) is 2.89. The van der Waals surface area contributed by atoms with Gasteiger partial charge in [-0.05, 0) is 49.6 Å².